The third kappa shape index (κ3) is 2.18. The Morgan fingerprint density at radius 3 is 2.93 bits per heavy atom. The molecule has 1 unspecified atom stereocenters. The van der Waals surface area contributed by atoms with Gasteiger partial charge in [-0.3, -0.25) is 10.4 Å². The number of allylic oxidation sites excluding steroid dienone is 3. The molecule has 1 aliphatic rings. The minimum absolute atomic E-state index is 0.267. The lowest BCUT2D eigenvalue weighted by molar-refractivity contribution is 0.412. The summed E-state index contributed by atoms with van der Waals surface area (Å²) in [7, 11) is 0. The van der Waals surface area contributed by atoms with Gasteiger partial charge in [0, 0.05) is 5.57 Å². The van der Waals surface area contributed by atoms with E-state index in [1.807, 2.05) is 25.2 Å². The number of hydrazone groups is 1. The SMILES string of the molecule is C=C/C=C\C(=C/C)C1=NNC(S)N1N. The summed E-state index contributed by atoms with van der Waals surface area (Å²) in [4.78, 5) is 0. The molecular formula is C9H14N4S. The van der Waals surface area contributed by atoms with Crippen molar-refractivity contribution in [1.29, 1.82) is 0 Å². The van der Waals surface area contributed by atoms with Gasteiger partial charge in [0.15, 0.2) is 11.3 Å². The Morgan fingerprint density at radius 2 is 2.50 bits per heavy atom. The zero-order valence-corrected chi connectivity index (χ0v) is 8.91. The largest absolute Gasteiger partial charge is 0.275 e. The van der Waals surface area contributed by atoms with Gasteiger partial charge in [-0.1, -0.05) is 30.9 Å². The molecule has 76 valence electrons. The minimum Gasteiger partial charge on any atom is -0.275 e. The monoisotopic (exact) mass is 210 g/mol. The van der Waals surface area contributed by atoms with Crippen LogP contribution in [0.25, 0.3) is 0 Å². The van der Waals surface area contributed by atoms with E-state index in [2.05, 4.69) is 29.7 Å². The molecule has 0 saturated carbocycles. The summed E-state index contributed by atoms with van der Waals surface area (Å²) in [5, 5.41) is 5.52. The molecule has 4 nitrogen and oxygen atoms in total. The maximum Gasteiger partial charge on any atom is 0.175 e. The molecule has 0 aromatic heterocycles. The fourth-order valence-electron chi connectivity index (χ4n) is 1.04. The second kappa shape index (κ2) is 4.88. The van der Waals surface area contributed by atoms with Gasteiger partial charge in [0.2, 0.25) is 0 Å². The van der Waals surface area contributed by atoms with Crippen LogP contribution in [0.5, 0.6) is 0 Å². The van der Waals surface area contributed by atoms with Crippen molar-refractivity contribution in [2.45, 2.75) is 12.4 Å². The van der Waals surface area contributed by atoms with Crippen molar-refractivity contribution in [3.8, 4) is 0 Å². The van der Waals surface area contributed by atoms with Gasteiger partial charge < -0.3 is 0 Å². The molecule has 0 aromatic carbocycles. The fraction of sp³-hybridized carbons (Fsp3) is 0.222. The molecule has 0 fully saturated rings. The molecule has 1 atom stereocenters. The first-order valence-corrected chi connectivity index (χ1v) is 4.73. The molecule has 0 amide bonds. The van der Waals surface area contributed by atoms with Gasteiger partial charge in [-0.2, -0.15) is 5.10 Å². The van der Waals surface area contributed by atoms with Crippen LogP contribution in [0.2, 0.25) is 0 Å². The summed E-state index contributed by atoms with van der Waals surface area (Å²) in [5.41, 5.74) is 3.42. The van der Waals surface area contributed by atoms with Gasteiger partial charge in [-0.05, 0) is 6.92 Å². The van der Waals surface area contributed by atoms with Crippen molar-refractivity contribution >= 4 is 18.5 Å². The molecule has 1 aliphatic heterocycles. The lowest BCUT2D eigenvalue weighted by Crippen LogP contribution is -2.42. The van der Waals surface area contributed by atoms with Crippen molar-refractivity contribution in [3.05, 3.63) is 36.5 Å². The Morgan fingerprint density at radius 1 is 1.79 bits per heavy atom. The van der Waals surface area contributed by atoms with Crippen LogP contribution in [0.1, 0.15) is 6.92 Å². The number of hydrogen-bond donors (Lipinski definition) is 3. The molecule has 0 aromatic rings. The maximum absolute atomic E-state index is 5.73. The smallest absolute Gasteiger partial charge is 0.175 e. The highest BCUT2D eigenvalue weighted by Crippen LogP contribution is 2.11. The van der Waals surface area contributed by atoms with Gasteiger partial charge in [0.1, 0.15) is 0 Å². The molecule has 0 saturated heterocycles. The Bertz CT molecular complexity index is 306. The van der Waals surface area contributed by atoms with Crippen LogP contribution < -0.4 is 11.3 Å². The van der Waals surface area contributed by atoms with Crippen molar-refractivity contribution in [3.63, 3.8) is 0 Å². The molecule has 0 aliphatic carbocycles. The van der Waals surface area contributed by atoms with E-state index in [1.165, 1.54) is 5.01 Å². The maximum atomic E-state index is 5.73. The third-order valence-electron chi connectivity index (χ3n) is 1.78. The van der Waals surface area contributed by atoms with Gasteiger partial charge in [-0.15, -0.1) is 12.6 Å². The lowest BCUT2D eigenvalue weighted by Gasteiger charge is -2.17. The van der Waals surface area contributed by atoms with Gasteiger partial charge in [0.25, 0.3) is 0 Å². The highest BCUT2D eigenvalue weighted by atomic mass is 32.1. The van der Waals surface area contributed by atoms with E-state index in [0.29, 0.717) is 5.84 Å². The van der Waals surface area contributed by atoms with Crippen LogP contribution in [0, 0.1) is 0 Å². The molecule has 1 rings (SSSR count). The van der Waals surface area contributed by atoms with Crippen molar-refractivity contribution in [1.82, 2.24) is 10.4 Å². The standard InChI is InChI=1S/C9H14N4S/c1-3-5-6-7(4-2)8-11-12-9(14)13(8)10/h3-6,9,12,14H,1,10H2,2H3/b6-5-,7-4+. The second-order valence-corrected chi connectivity index (χ2v) is 3.17. The van der Waals surface area contributed by atoms with Crippen molar-refractivity contribution in [2.75, 3.05) is 0 Å². The first-order valence-electron chi connectivity index (χ1n) is 4.21. The van der Waals surface area contributed by atoms with Crippen LogP contribution in [0.15, 0.2) is 41.6 Å². The average Bonchev–Trinajstić information content (AvgIpc) is 2.51. The van der Waals surface area contributed by atoms with E-state index in [4.69, 9.17) is 5.84 Å². The number of hydrogen-bond acceptors (Lipinski definition) is 5. The summed E-state index contributed by atoms with van der Waals surface area (Å²) >= 11 is 4.17. The van der Waals surface area contributed by atoms with E-state index in [9.17, 15) is 0 Å². The Labute approximate surface area is 89.2 Å². The van der Waals surface area contributed by atoms with E-state index < -0.39 is 0 Å². The molecule has 0 radical (unpaired) electrons. The molecule has 5 heteroatoms. The second-order valence-electron chi connectivity index (χ2n) is 2.68. The van der Waals surface area contributed by atoms with Gasteiger partial charge in [-0.25, -0.2) is 5.84 Å². The highest BCUT2D eigenvalue weighted by molar-refractivity contribution is 7.80. The van der Waals surface area contributed by atoms with Gasteiger partial charge >= 0.3 is 0 Å². The first-order chi connectivity index (χ1) is 6.70. The third-order valence-corrected chi connectivity index (χ3v) is 2.14. The quantitative estimate of drug-likeness (QED) is 0.370. The number of nitrogens with two attached hydrogens (primary N) is 1. The first kappa shape index (κ1) is 10.9. The van der Waals surface area contributed by atoms with Crippen molar-refractivity contribution < 1.29 is 0 Å². The lowest BCUT2D eigenvalue weighted by atomic mass is 10.2. The predicted octanol–water partition coefficient (Wildman–Crippen LogP) is 0.981. The zero-order valence-electron chi connectivity index (χ0n) is 8.01. The average molecular weight is 210 g/mol. The van der Waals surface area contributed by atoms with E-state index >= 15 is 0 Å². The topological polar surface area (TPSA) is 53.7 Å². The number of nitrogens with zero attached hydrogens (tertiary/aromatic N) is 2. The summed E-state index contributed by atoms with van der Waals surface area (Å²) in [6.07, 6.45) is 7.34. The molecule has 0 spiro atoms. The predicted molar refractivity (Wildman–Crippen MR) is 62.5 cm³/mol. The molecule has 14 heavy (non-hydrogen) atoms. The number of rotatable bonds is 3. The van der Waals surface area contributed by atoms with Crippen LogP contribution >= 0.6 is 12.6 Å². The summed E-state index contributed by atoms with van der Waals surface area (Å²) in [6.45, 7) is 5.52. The summed E-state index contributed by atoms with van der Waals surface area (Å²) < 4.78 is 0. The van der Waals surface area contributed by atoms with Crippen molar-refractivity contribution in [2.24, 2.45) is 10.9 Å². The molecular weight excluding hydrogens is 196 g/mol. The van der Waals surface area contributed by atoms with Crippen LogP contribution in [-0.2, 0) is 0 Å². The number of hydrazine groups is 1. The number of amidine groups is 1. The van der Waals surface area contributed by atoms with E-state index in [1.54, 1.807) is 6.08 Å². The number of thiol groups is 1. The summed E-state index contributed by atoms with van der Waals surface area (Å²) in [5.74, 6) is 6.41. The summed E-state index contributed by atoms with van der Waals surface area (Å²) in [6, 6.07) is 0. The van der Waals surface area contributed by atoms with Crippen LogP contribution in [0.3, 0.4) is 0 Å². The zero-order chi connectivity index (χ0) is 10.6. The number of nitrogens with one attached hydrogen (secondary N) is 1. The van der Waals surface area contributed by atoms with E-state index in [-0.39, 0.29) is 5.50 Å². The highest BCUT2D eigenvalue weighted by Gasteiger charge is 2.22. The minimum atomic E-state index is -0.267. The van der Waals surface area contributed by atoms with E-state index in [0.717, 1.165) is 5.57 Å². The Balaban J connectivity index is 2.82. The molecule has 1 heterocycles. The Hall–Kier alpha value is -1.20. The molecule has 3 N–H and O–H groups in total. The Kier molecular flexibility index (Phi) is 3.79. The fourth-order valence-corrected chi connectivity index (χ4v) is 1.21. The van der Waals surface area contributed by atoms with Crippen LogP contribution in [0.4, 0.5) is 0 Å². The normalized spacial score (nSPS) is 22.5. The molecule has 0 bridgehead atoms. The van der Waals surface area contributed by atoms with Gasteiger partial charge in [0.05, 0.1) is 0 Å². The van der Waals surface area contributed by atoms with Crippen LogP contribution in [-0.4, -0.2) is 16.3 Å².